The number of nitrogens with zero attached hydrogens (tertiary/aromatic N) is 5. The molecule has 2 aromatic carbocycles. The molecular formula is C24H24N6O2. The van der Waals surface area contributed by atoms with Crippen molar-refractivity contribution in [1.29, 1.82) is 0 Å². The molecule has 4 rings (SSSR count). The Morgan fingerprint density at radius 3 is 2.16 bits per heavy atom. The van der Waals surface area contributed by atoms with Crippen molar-refractivity contribution in [3.8, 4) is 22.5 Å². The average molecular weight is 428 g/mol. The quantitative estimate of drug-likeness (QED) is 0.523. The highest BCUT2D eigenvalue weighted by molar-refractivity contribution is 5.95. The van der Waals surface area contributed by atoms with Crippen LogP contribution in [0.5, 0.6) is 0 Å². The Bertz CT molecular complexity index is 1340. The lowest BCUT2D eigenvalue weighted by atomic mass is 10.1. The van der Waals surface area contributed by atoms with Crippen molar-refractivity contribution >= 4 is 23.0 Å². The molecule has 8 heteroatoms. The fourth-order valence-electron chi connectivity index (χ4n) is 3.66. The van der Waals surface area contributed by atoms with Gasteiger partial charge in [0, 0.05) is 36.8 Å². The molecule has 4 aromatic rings. The van der Waals surface area contributed by atoms with Gasteiger partial charge in [0.05, 0.1) is 0 Å². The van der Waals surface area contributed by atoms with Crippen molar-refractivity contribution < 1.29 is 4.79 Å². The van der Waals surface area contributed by atoms with Gasteiger partial charge in [-0.15, -0.1) is 0 Å². The van der Waals surface area contributed by atoms with Gasteiger partial charge in [-0.25, -0.2) is 9.97 Å². The second-order valence-corrected chi connectivity index (χ2v) is 7.35. The first kappa shape index (κ1) is 21.2. The standard InChI is InChI=1S/C24H24N6O2/c1-4-30(5-2)22(31)17-13-11-16(12-14-17)18-20-21(28-24(25)27-18)29(3)23(32)19(26-20)15-9-7-6-8-10-15/h6-14H,4-5H2,1-3H3,(H2,25,27,28). The zero-order chi connectivity index (χ0) is 22.8. The summed E-state index contributed by atoms with van der Waals surface area (Å²) in [7, 11) is 1.64. The average Bonchev–Trinajstić information content (AvgIpc) is 2.82. The minimum Gasteiger partial charge on any atom is -0.368 e. The minimum atomic E-state index is -0.270. The van der Waals surface area contributed by atoms with E-state index in [1.165, 1.54) is 4.57 Å². The lowest BCUT2D eigenvalue weighted by Gasteiger charge is -2.18. The zero-order valence-electron chi connectivity index (χ0n) is 18.2. The number of aryl methyl sites for hydroxylation is 1. The van der Waals surface area contributed by atoms with Crippen LogP contribution < -0.4 is 11.3 Å². The summed E-state index contributed by atoms with van der Waals surface area (Å²) in [5.74, 6) is 0.0144. The summed E-state index contributed by atoms with van der Waals surface area (Å²) in [6, 6.07) is 16.4. The number of rotatable bonds is 5. The van der Waals surface area contributed by atoms with E-state index >= 15 is 0 Å². The molecule has 0 saturated carbocycles. The third kappa shape index (κ3) is 3.71. The molecule has 0 fully saturated rings. The number of aromatic nitrogens is 4. The number of carbonyl (C=O) groups excluding carboxylic acids is 1. The van der Waals surface area contributed by atoms with Crippen LogP contribution in [0.2, 0.25) is 0 Å². The Morgan fingerprint density at radius 2 is 1.53 bits per heavy atom. The van der Waals surface area contributed by atoms with Gasteiger partial charge in [-0.3, -0.25) is 14.2 Å². The summed E-state index contributed by atoms with van der Waals surface area (Å²) in [5, 5.41) is 0. The fraction of sp³-hybridized carbons (Fsp3) is 0.208. The molecule has 162 valence electrons. The minimum absolute atomic E-state index is 0.0273. The van der Waals surface area contributed by atoms with Crippen LogP contribution in [0.15, 0.2) is 59.4 Å². The molecule has 2 N–H and O–H groups in total. The normalized spacial score (nSPS) is 11.0. The molecule has 1 amide bonds. The van der Waals surface area contributed by atoms with Crippen LogP contribution in [-0.4, -0.2) is 43.4 Å². The summed E-state index contributed by atoms with van der Waals surface area (Å²) in [4.78, 5) is 40.6. The molecule has 0 atom stereocenters. The number of nitrogens with two attached hydrogens (primary N) is 1. The van der Waals surface area contributed by atoms with Crippen LogP contribution in [0.1, 0.15) is 24.2 Å². The van der Waals surface area contributed by atoms with Crippen molar-refractivity contribution in [3.63, 3.8) is 0 Å². The van der Waals surface area contributed by atoms with Gasteiger partial charge in [0.2, 0.25) is 5.95 Å². The summed E-state index contributed by atoms with van der Waals surface area (Å²) in [5.41, 5.74) is 9.33. The number of anilines is 1. The van der Waals surface area contributed by atoms with Gasteiger partial charge < -0.3 is 10.6 Å². The van der Waals surface area contributed by atoms with E-state index in [1.807, 2.05) is 56.3 Å². The molecule has 2 aromatic heterocycles. The predicted molar refractivity (Wildman–Crippen MR) is 125 cm³/mol. The Morgan fingerprint density at radius 1 is 0.906 bits per heavy atom. The van der Waals surface area contributed by atoms with E-state index in [-0.39, 0.29) is 17.4 Å². The van der Waals surface area contributed by atoms with E-state index in [2.05, 4.69) is 15.0 Å². The maximum atomic E-state index is 12.9. The predicted octanol–water partition coefficient (Wildman–Crippen LogP) is 3.12. The van der Waals surface area contributed by atoms with Crippen LogP contribution in [0.25, 0.3) is 33.7 Å². The Kier molecular flexibility index (Phi) is 5.68. The molecule has 0 aliphatic heterocycles. The second-order valence-electron chi connectivity index (χ2n) is 7.35. The molecule has 0 radical (unpaired) electrons. The van der Waals surface area contributed by atoms with E-state index in [1.54, 1.807) is 24.1 Å². The van der Waals surface area contributed by atoms with E-state index < -0.39 is 0 Å². The molecule has 8 nitrogen and oxygen atoms in total. The molecule has 0 aliphatic carbocycles. The number of fused-ring (bicyclic) bond motifs is 1. The maximum absolute atomic E-state index is 12.9. The Labute approximate surface area is 185 Å². The van der Waals surface area contributed by atoms with Gasteiger partial charge in [-0.05, 0) is 26.0 Å². The lowest BCUT2D eigenvalue weighted by Crippen LogP contribution is -2.30. The van der Waals surface area contributed by atoms with Crippen LogP contribution in [0.3, 0.4) is 0 Å². The maximum Gasteiger partial charge on any atom is 0.278 e. The van der Waals surface area contributed by atoms with Gasteiger partial charge in [0.1, 0.15) is 16.9 Å². The SMILES string of the molecule is CCN(CC)C(=O)c1ccc(-c2nc(N)nc3c2nc(-c2ccccc2)c(=O)n3C)cc1. The van der Waals surface area contributed by atoms with Gasteiger partial charge in [0.25, 0.3) is 11.5 Å². The number of amides is 1. The summed E-state index contributed by atoms with van der Waals surface area (Å²) in [6.45, 7) is 5.19. The van der Waals surface area contributed by atoms with Crippen molar-refractivity contribution in [3.05, 3.63) is 70.5 Å². The largest absolute Gasteiger partial charge is 0.368 e. The van der Waals surface area contributed by atoms with Crippen LogP contribution >= 0.6 is 0 Å². The number of hydrogen-bond donors (Lipinski definition) is 1. The number of benzene rings is 2. The molecule has 32 heavy (non-hydrogen) atoms. The molecule has 0 aliphatic rings. The van der Waals surface area contributed by atoms with Crippen molar-refractivity contribution in [2.75, 3.05) is 18.8 Å². The molecule has 0 bridgehead atoms. The highest BCUT2D eigenvalue weighted by Gasteiger charge is 2.18. The van der Waals surface area contributed by atoms with Crippen LogP contribution in [0.4, 0.5) is 5.95 Å². The van der Waals surface area contributed by atoms with Crippen LogP contribution in [0, 0.1) is 0 Å². The molecule has 2 heterocycles. The highest BCUT2D eigenvalue weighted by Crippen LogP contribution is 2.27. The number of nitrogen functional groups attached to an aromatic ring is 1. The van der Waals surface area contributed by atoms with E-state index in [4.69, 9.17) is 5.73 Å². The van der Waals surface area contributed by atoms with E-state index in [0.29, 0.717) is 46.8 Å². The second kappa shape index (κ2) is 8.58. The fourth-order valence-corrected chi connectivity index (χ4v) is 3.66. The summed E-state index contributed by atoms with van der Waals surface area (Å²) in [6.07, 6.45) is 0. The monoisotopic (exact) mass is 428 g/mol. The van der Waals surface area contributed by atoms with Gasteiger partial charge in [-0.1, -0.05) is 42.5 Å². The van der Waals surface area contributed by atoms with E-state index in [9.17, 15) is 9.59 Å². The first-order valence-corrected chi connectivity index (χ1v) is 10.4. The number of hydrogen-bond acceptors (Lipinski definition) is 6. The Balaban J connectivity index is 1.88. The topological polar surface area (TPSA) is 107 Å². The lowest BCUT2D eigenvalue weighted by molar-refractivity contribution is 0.0773. The van der Waals surface area contributed by atoms with Crippen LogP contribution in [-0.2, 0) is 7.05 Å². The van der Waals surface area contributed by atoms with Gasteiger partial charge in [-0.2, -0.15) is 4.98 Å². The first-order valence-electron chi connectivity index (χ1n) is 10.4. The summed E-state index contributed by atoms with van der Waals surface area (Å²) >= 11 is 0. The molecule has 0 spiro atoms. The van der Waals surface area contributed by atoms with Crippen molar-refractivity contribution in [2.24, 2.45) is 7.05 Å². The van der Waals surface area contributed by atoms with E-state index in [0.717, 1.165) is 5.56 Å². The number of carbonyl (C=O) groups is 1. The first-order chi connectivity index (χ1) is 15.4. The Hall–Kier alpha value is -4.07. The molecule has 0 unspecified atom stereocenters. The third-order valence-corrected chi connectivity index (χ3v) is 5.43. The molecular weight excluding hydrogens is 404 g/mol. The van der Waals surface area contributed by atoms with Crippen molar-refractivity contribution in [2.45, 2.75) is 13.8 Å². The smallest absolute Gasteiger partial charge is 0.278 e. The summed E-state index contributed by atoms with van der Waals surface area (Å²) < 4.78 is 1.43. The zero-order valence-corrected chi connectivity index (χ0v) is 18.2. The highest BCUT2D eigenvalue weighted by atomic mass is 16.2. The third-order valence-electron chi connectivity index (χ3n) is 5.43. The van der Waals surface area contributed by atoms with Gasteiger partial charge >= 0.3 is 0 Å². The molecule has 0 saturated heterocycles. The van der Waals surface area contributed by atoms with Gasteiger partial charge in [0.15, 0.2) is 5.65 Å². The van der Waals surface area contributed by atoms with Crippen molar-refractivity contribution in [1.82, 2.24) is 24.4 Å².